The molecule has 5 heteroatoms. The summed E-state index contributed by atoms with van der Waals surface area (Å²) in [4.78, 5) is 18.1. The van der Waals surface area contributed by atoms with Gasteiger partial charge in [-0.2, -0.15) is 0 Å². The molecule has 2 aliphatic rings. The monoisotopic (exact) mass is 306 g/mol. The Morgan fingerprint density at radius 3 is 3.00 bits per heavy atom. The molecule has 3 rings (SSSR count). The molecule has 2 unspecified atom stereocenters. The van der Waals surface area contributed by atoms with E-state index in [2.05, 4.69) is 24.3 Å². The number of thiophene rings is 1. The Hall–Kier alpha value is -1.36. The van der Waals surface area contributed by atoms with Gasteiger partial charge in [-0.1, -0.05) is 25.1 Å². The van der Waals surface area contributed by atoms with E-state index in [0.29, 0.717) is 12.5 Å². The van der Waals surface area contributed by atoms with Crippen molar-refractivity contribution in [2.75, 3.05) is 13.7 Å². The smallest absolute Gasteiger partial charge is 0.261 e. The highest BCUT2D eigenvalue weighted by molar-refractivity contribution is 7.12. The summed E-state index contributed by atoms with van der Waals surface area (Å²) in [5.41, 5.74) is 1.23. The summed E-state index contributed by atoms with van der Waals surface area (Å²) < 4.78 is 0. The van der Waals surface area contributed by atoms with Gasteiger partial charge in [0.1, 0.15) is 7.11 Å². The number of carbonyl (C=O) groups excluding carboxylic acids is 1. The van der Waals surface area contributed by atoms with Gasteiger partial charge in [-0.05, 0) is 42.0 Å². The predicted octanol–water partition coefficient (Wildman–Crippen LogP) is 3.31. The lowest BCUT2D eigenvalue weighted by Crippen LogP contribution is -2.46. The lowest BCUT2D eigenvalue weighted by molar-refractivity contribution is 0.0917. The molecule has 2 fully saturated rings. The maximum absolute atomic E-state index is 12.2. The van der Waals surface area contributed by atoms with Crippen LogP contribution in [0, 0.1) is 16.7 Å². The first kappa shape index (κ1) is 14.6. The third-order valence-electron chi connectivity index (χ3n) is 5.66. The Bertz CT molecular complexity index is 565. The normalized spacial score (nSPS) is 31.6. The maximum atomic E-state index is 12.2. The highest BCUT2D eigenvalue weighted by atomic mass is 32.1. The van der Waals surface area contributed by atoms with Gasteiger partial charge < -0.3 is 10.2 Å². The van der Waals surface area contributed by atoms with Crippen LogP contribution in [0.1, 0.15) is 42.8 Å². The minimum absolute atomic E-state index is 0.0160. The van der Waals surface area contributed by atoms with Gasteiger partial charge in [0.05, 0.1) is 10.6 Å². The first-order valence-corrected chi connectivity index (χ1v) is 8.31. The van der Waals surface area contributed by atoms with Crippen LogP contribution < -0.4 is 5.32 Å². The fraction of sp³-hybridized carbons (Fsp3) is 0.625. The molecule has 0 saturated heterocycles. The van der Waals surface area contributed by atoms with Crippen LogP contribution in [0.4, 0.5) is 0 Å². The average Bonchev–Trinajstić information content (AvgIpc) is 3.11. The number of carbonyl (C=O) groups is 1. The Kier molecular flexibility index (Phi) is 3.56. The van der Waals surface area contributed by atoms with E-state index >= 15 is 0 Å². The molecule has 0 spiro atoms. The zero-order chi connectivity index (χ0) is 15.1. The van der Waals surface area contributed by atoms with Crippen molar-refractivity contribution in [1.29, 1.82) is 0 Å². The summed E-state index contributed by atoms with van der Waals surface area (Å²) in [6.07, 6.45) is 3.29. The summed E-state index contributed by atoms with van der Waals surface area (Å²) in [5, 5.41) is 9.33. The Balaban J connectivity index is 1.81. The molecule has 21 heavy (non-hydrogen) atoms. The number of nitrogens with zero attached hydrogens (tertiary/aromatic N) is 1. The molecule has 2 atom stereocenters. The Morgan fingerprint density at radius 1 is 1.57 bits per heavy atom. The van der Waals surface area contributed by atoms with Crippen LogP contribution in [-0.2, 0) is 4.84 Å². The van der Waals surface area contributed by atoms with Crippen molar-refractivity contribution in [3.63, 3.8) is 0 Å². The molecule has 2 bridgehead atoms. The zero-order valence-corrected chi connectivity index (χ0v) is 13.6. The number of amides is 1. The second-order valence-electron chi connectivity index (χ2n) is 6.62. The lowest BCUT2D eigenvalue weighted by atomic mass is 9.68. The minimum atomic E-state index is -0.0550. The van der Waals surface area contributed by atoms with E-state index < -0.39 is 0 Å². The van der Waals surface area contributed by atoms with Gasteiger partial charge in [-0.3, -0.25) is 4.79 Å². The summed E-state index contributed by atoms with van der Waals surface area (Å²) in [5.74, 6) is 0.660. The van der Waals surface area contributed by atoms with Crippen LogP contribution in [0.2, 0.25) is 0 Å². The molecule has 0 aliphatic heterocycles. The van der Waals surface area contributed by atoms with Gasteiger partial charge in [-0.25, -0.2) is 0 Å². The van der Waals surface area contributed by atoms with Crippen LogP contribution >= 0.6 is 11.3 Å². The van der Waals surface area contributed by atoms with Crippen LogP contribution in [0.25, 0.3) is 0 Å². The second kappa shape index (κ2) is 5.13. The standard InChI is InChI=1S/C16H22N2O2S/c1-15(2)11-6-7-16(15,13(9-11)18-20-3)10-17-14(19)12-5-4-8-21-12/h4-5,8,11H,6-7,9-10H2,1-3H3,(H,17,19)/b18-13-. The molecule has 1 aromatic heterocycles. The SMILES string of the molecule is CO/N=C1/CC2CCC1(CNC(=O)c1cccs1)C2(C)C. The van der Waals surface area contributed by atoms with Crippen molar-refractivity contribution in [3.05, 3.63) is 22.4 Å². The first-order valence-electron chi connectivity index (χ1n) is 7.43. The number of rotatable bonds is 4. The Morgan fingerprint density at radius 2 is 2.38 bits per heavy atom. The van der Waals surface area contributed by atoms with E-state index in [0.717, 1.165) is 23.4 Å². The number of hydrogen-bond donors (Lipinski definition) is 1. The quantitative estimate of drug-likeness (QED) is 0.868. The van der Waals surface area contributed by atoms with Crippen molar-refractivity contribution < 1.29 is 9.63 Å². The third-order valence-corrected chi connectivity index (χ3v) is 6.53. The van der Waals surface area contributed by atoms with Crippen molar-refractivity contribution in [3.8, 4) is 0 Å². The average molecular weight is 306 g/mol. The number of fused-ring (bicyclic) bond motifs is 2. The number of nitrogens with one attached hydrogen (secondary N) is 1. The molecule has 1 aromatic rings. The highest BCUT2D eigenvalue weighted by Crippen LogP contribution is 2.64. The molecule has 4 nitrogen and oxygen atoms in total. The van der Waals surface area contributed by atoms with Crippen LogP contribution in [0.3, 0.4) is 0 Å². The molecular weight excluding hydrogens is 284 g/mol. The lowest BCUT2D eigenvalue weighted by Gasteiger charge is -2.38. The molecule has 1 amide bonds. The van der Waals surface area contributed by atoms with Crippen LogP contribution in [0.5, 0.6) is 0 Å². The number of hydrogen-bond acceptors (Lipinski definition) is 4. The third kappa shape index (κ3) is 2.09. The van der Waals surface area contributed by atoms with Gasteiger partial charge in [0.15, 0.2) is 0 Å². The first-order chi connectivity index (χ1) is 10.0. The highest BCUT2D eigenvalue weighted by Gasteiger charge is 2.63. The van der Waals surface area contributed by atoms with Crippen LogP contribution in [-0.4, -0.2) is 25.3 Å². The summed E-state index contributed by atoms with van der Waals surface area (Å²) in [6, 6.07) is 3.76. The molecule has 114 valence electrons. The van der Waals surface area contributed by atoms with E-state index in [4.69, 9.17) is 4.84 Å². The summed E-state index contributed by atoms with van der Waals surface area (Å²) >= 11 is 1.47. The van der Waals surface area contributed by atoms with Gasteiger partial charge in [0.25, 0.3) is 5.91 Å². The summed E-state index contributed by atoms with van der Waals surface area (Å²) in [6.45, 7) is 5.26. The fourth-order valence-electron chi connectivity index (χ4n) is 4.18. The van der Waals surface area contributed by atoms with Gasteiger partial charge in [0.2, 0.25) is 0 Å². The predicted molar refractivity (Wildman–Crippen MR) is 84.7 cm³/mol. The van der Waals surface area contributed by atoms with E-state index in [9.17, 15) is 4.79 Å². The van der Waals surface area contributed by atoms with Crippen molar-refractivity contribution >= 4 is 23.0 Å². The molecule has 2 aliphatic carbocycles. The minimum Gasteiger partial charge on any atom is -0.399 e. The number of oxime groups is 1. The fourth-order valence-corrected chi connectivity index (χ4v) is 4.82. The van der Waals surface area contributed by atoms with Crippen molar-refractivity contribution in [2.45, 2.75) is 33.1 Å². The van der Waals surface area contributed by atoms with Crippen molar-refractivity contribution in [2.24, 2.45) is 21.9 Å². The molecule has 1 heterocycles. The molecule has 2 saturated carbocycles. The van der Waals surface area contributed by atoms with E-state index in [1.165, 1.54) is 17.8 Å². The van der Waals surface area contributed by atoms with E-state index in [1.807, 2.05) is 17.5 Å². The van der Waals surface area contributed by atoms with E-state index in [-0.39, 0.29) is 16.7 Å². The maximum Gasteiger partial charge on any atom is 0.261 e. The van der Waals surface area contributed by atoms with E-state index in [1.54, 1.807) is 7.11 Å². The van der Waals surface area contributed by atoms with Crippen LogP contribution in [0.15, 0.2) is 22.7 Å². The summed E-state index contributed by atoms with van der Waals surface area (Å²) in [7, 11) is 1.60. The van der Waals surface area contributed by atoms with Gasteiger partial charge >= 0.3 is 0 Å². The Labute approximate surface area is 129 Å². The van der Waals surface area contributed by atoms with Gasteiger partial charge in [0, 0.05) is 12.0 Å². The molecule has 0 radical (unpaired) electrons. The van der Waals surface area contributed by atoms with Crippen molar-refractivity contribution in [1.82, 2.24) is 5.32 Å². The molecular formula is C16H22N2O2S. The molecule has 1 N–H and O–H groups in total. The topological polar surface area (TPSA) is 50.7 Å². The largest absolute Gasteiger partial charge is 0.399 e. The zero-order valence-electron chi connectivity index (χ0n) is 12.8. The van der Waals surface area contributed by atoms with Gasteiger partial charge in [-0.15, -0.1) is 11.3 Å². The molecule has 0 aromatic carbocycles. The second-order valence-corrected chi connectivity index (χ2v) is 7.57.